The summed E-state index contributed by atoms with van der Waals surface area (Å²) in [5, 5.41) is 10.6. The van der Waals surface area contributed by atoms with Gasteiger partial charge in [-0.25, -0.2) is 4.99 Å². The van der Waals surface area contributed by atoms with Crippen molar-refractivity contribution in [2.24, 2.45) is 10.9 Å². The van der Waals surface area contributed by atoms with Gasteiger partial charge in [-0.05, 0) is 51.3 Å². The van der Waals surface area contributed by atoms with Crippen molar-refractivity contribution in [2.75, 3.05) is 19.8 Å². The van der Waals surface area contributed by atoms with Gasteiger partial charge in [0.05, 0.1) is 12.6 Å². The number of nitrogens with zero attached hydrogens (tertiary/aromatic N) is 3. The number of benzene rings is 1. The van der Waals surface area contributed by atoms with Crippen LogP contribution in [-0.2, 0) is 11.3 Å². The first-order valence-corrected chi connectivity index (χ1v) is 10.6. The van der Waals surface area contributed by atoms with Crippen molar-refractivity contribution in [1.82, 2.24) is 20.8 Å². The molecule has 8 nitrogen and oxygen atoms in total. The molecule has 1 aromatic heterocycles. The lowest BCUT2D eigenvalue weighted by Crippen LogP contribution is -2.38. The molecule has 0 aliphatic carbocycles. The minimum Gasteiger partial charge on any atom is -0.493 e. The van der Waals surface area contributed by atoms with E-state index in [2.05, 4.69) is 58.7 Å². The Morgan fingerprint density at radius 2 is 1.87 bits per heavy atom. The van der Waals surface area contributed by atoms with Crippen LogP contribution in [0.4, 0.5) is 0 Å². The van der Waals surface area contributed by atoms with Crippen molar-refractivity contribution in [3.63, 3.8) is 0 Å². The molecule has 8 heteroatoms. The van der Waals surface area contributed by atoms with Crippen LogP contribution in [0.2, 0.25) is 0 Å². The molecule has 0 radical (unpaired) electrons. The summed E-state index contributed by atoms with van der Waals surface area (Å²) < 4.78 is 16.5. The van der Waals surface area contributed by atoms with E-state index in [1.807, 2.05) is 32.9 Å². The summed E-state index contributed by atoms with van der Waals surface area (Å²) in [6, 6.07) is 8.20. The Bertz CT molecular complexity index is 773. The molecule has 0 fully saturated rings. The van der Waals surface area contributed by atoms with Gasteiger partial charge in [-0.3, -0.25) is 0 Å². The van der Waals surface area contributed by atoms with Crippen LogP contribution in [0.5, 0.6) is 5.75 Å². The van der Waals surface area contributed by atoms with E-state index in [0.29, 0.717) is 36.8 Å². The number of rotatable bonds is 11. The van der Waals surface area contributed by atoms with Crippen LogP contribution in [0.1, 0.15) is 71.0 Å². The van der Waals surface area contributed by atoms with E-state index < -0.39 is 0 Å². The first-order valence-electron chi connectivity index (χ1n) is 10.6. The lowest BCUT2D eigenvalue weighted by atomic mass is 10.1. The molecule has 2 aromatic rings. The van der Waals surface area contributed by atoms with Crippen molar-refractivity contribution in [1.29, 1.82) is 0 Å². The molecule has 0 aliphatic rings. The lowest BCUT2D eigenvalue weighted by Gasteiger charge is -2.18. The number of hydrogen-bond donors (Lipinski definition) is 2. The maximum absolute atomic E-state index is 5.75. The second kappa shape index (κ2) is 12.2. The van der Waals surface area contributed by atoms with Gasteiger partial charge in [0.25, 0.3) is 0 Å². The third kappa shape index (κ3) is 7.67. The van der Waals surface area contributed by atoms with Gasteiger partial charge >= 0.3 is 0 Å². The fourth-order valence-corrected chi connectivity index (χ4v) is 2.69. The number of guanidine groups is 1. The molecular formula is C22H35N5O3. The molecular weight excluding hydrogens is 382 g/mol. The molecule has 30 heavy (non-hydrogen) atoms. The maximum Gasteiger partial charge on any atom is 0.248 e. The van der Waals surface area contributed by atoms with E-state index in [4.69, 9.17) is 14.0 Å². The van der Waals surface area contributed by atoms with E-state index in [0.717, 1.165) is 17.9 Å². The number of ether oxygens (including phenoxy) is 2. The van der Waals surface area contributed by atoms with Gasteiger partial charge in [-0.2, -0.15) is 4.98 Å². The minimum absolute atomic E-state index is 0.0678. The van der Waals surface area contributed by atoms with Gasteiger partial charge in [0, 0.05) is 13.2 Å². The standard InChI is InChI=1S/C22H35N5O3/c1-7-23-22(24-13-20-26-21(27-30-20)17(6)28-8-2)25-16(5)18-9-11-19(12-10-18)29-14-15(3)4/h9-12,15-17H,7-8,13-14H2,1-6H3,(H2,23,24,25). The van der Waals surface area contributed by atoms with E-state index in [-0.39, 0.29) is 18.7 Å². The summed E-state index contributed by atoms with van der Waals surface area (Å²) in [5.41, 5.74) is 1.14. The third-order valence-corrected chi connectivity index (χ3v) is 4.30. The van der Waals surface area contributed by atoms with Crippen molar-refractivity contribution in [3.8, 4) is 5.75 Å². The van der Waals surface area contributed by atoms with Crippen LogP contribution < -0.4 is 15.4 Å². The molecule has 2 N–H and O–H groups in total. The molecule has 0 saturated carbocycles. The Labute approximate surface area is 179 Å². The summed E-state index contributed by atoms with van der Waals surface area (Å²) in [6.45, 7) is 14.6. The van der Waals surface area contributed by atoms with Crippen LogP contribution in [0.15, 0.2) is 33.8 Å². The number of aromatic nitrogens is 2. The molecule has 0 bridgehead atoms. The monoisotopic (exact) mass is 417 g/mol. The lowest BCUT2D eigenvalue weighted by molar-refractivity contribution is 0.0683. The van der Waals surface area contributed by atoms with Gasteiger partial charge in [0.1, 0.15) is 18.4 Å². The first kappa shape index (κ1) is 23.7. The van der Waals surface area contributed by atoms with Crippen molar-refractivity contribution in [3.05, 3.63) is 41.5 Å². The topological polar surface area (TPSA) is 93.8 Å². The molecule has 1 heterocycles. The second-order valence-corrected chi connectivity index (χ2v) is 7.48. The fraction of sp³-hybridized carbons (Fsp3) is 0.591. The SMILES string of the molecule is CCNC(=NCc1nc(C(C)OCC)no1)NC(C)c1ccc(OCC(C)C)cc1. The zero-order valence-corrected chi connectivity index (χ0v) is 18.9. The third-order valence-electron chi connectivity index (χ3n) is 4.30. The highest BCUT2D eigenvalue weighted by molar-refractivity contribution is 5.80. The quantitative estimate of drug-likeness (QED) is 0.421. The van der Waals surface area contributed by atoms with Crippen LogP contribution in [-0.4, -0.2) is 35.9 Å². The molecule has 2 unspecified atom stereocenters. The zero-order chi connectivity index (χ0) is 21.9. The summed E-state index contributed by atoms with van der Waals surface area (Å²) in [4.78, 5) is 8.93. The van der Waals surface area contributed by atoms with Crippen molar-refractivity contribution in [2.45, 2.75) is 60.2 Å². The summed E-state index contributed by atoms with van der Waals surface area (Å²) in [5.74, 6) is 3.05. The largest absolute Gasteiger partial charge is 0.493 e. The molecule has 0 spiro atoms. The number of nitrogens with one attached hydrogen (secondary N) is 2. The van der Waals surface area contributed by atoms with Gasteiger partial charge < -0.3 is 24.6 Å². The van der Waals surface area contributed by atoms with Crippen LogP contribution in [0, 0.1) is 5.92 Å². The average Bonchev–Trinajstić information content (AvgIpc) is 3.20. The predicted molar refractivity (Wildman–Crippen MR) is 117 cm³/mol. The Morgan fingerprint density at radius 1 is 1.13 bits per heavy atom. The highest BCUT2D eigenvalue weighted by Gasteiger charge is 2.14. The fourth-order valence-electron chi connectivity index (χ4n) is 2.69. The summed E-state index contributed by atoms with van der Waals surface area (Å²) in [7, 11) is 0. The Morgan fingerprint density at radius 3 is 2.50 bits per heavy atom. The number of hydrogen-bond acceptors (Lipinski definition) is 6. The highest BCUT2D eigenvalue weighted by atomic mass is 16.5. The molecule has 0 aliphatic heterocycles. The van der Waals surface area contributed by atoms with Crippen LogP contribution >= 0.6 is 0 Å². The van der Waals surface area contributed by atoms with Gasteiger partial charge in [0.2, 0.25) is 5.89 Å². The van der Waals surface area contributed by atoms with Crippen molar-refractivity contribution >= 4 is 5.96 Å². The van der Waals surface area contributed by atoms with E-state index in [1.165, 1.54) is 0 Å². The molecule has 2 atom stereocenters. The van der Waals surface area contributed by atoms with Gasteiger partial charge in [-0.15, -0.1) is 0 Å². The molecule has 0 saturated heterocycles. The van der Waals surface area contributed by atoms with E-state index >= 15 is 0 Å². The van der Waals surface area contributed by atoms with E-state index in [9.17, 15) is 0 Å². The predicted octanol–water partition coefficient (Wildman–Crippen LogP) is 4.02. The Kier molecular flexibility index (Phi) is 9.60. The average molecular weight is 418 g/mol. The smallest absolute Gasteiger partial charge is 0.248 e. The summed E-state index contributed by atoms with van der Waals surface area (Å²) in [6.07, 6.45) is -0.199. The Balaban J connectivity index is 1.97. The normalized spacial score (nSPS) is 13.9. The van der Waals surface area contributed by atoms with E-state index in [1.54, 1.807) is 0 Å². The summed E-state index contributed by atoms with van der Waals surface area (Å²) >= 11 is 0. The van der Waals surface area contributed by atoms with Crippen molar-refractivity contribution < 1.29 is 14.0 Å². The molecule has 2 rings (SSSR count). The second-order valence-electron chi connectivity index (χ2n) is 7.48. The zero-order valence-electron chi connectivity index (χ0n) is 18.9. The highest BCUT2D eigenvalue weighted by Crippen LogP contribution is 2.18. The van der Waals surface area contributed by atoms with Crippen LogP contribution in [0.25, 0.3) is 0 Å². The number of aliphatic imine (C=N–C) groups is 1. The van der Waals surface area contributed by atoms with Crippen LogP contribution in [0.3, 0.4) is 0 Å². The van der Waals surface area contributed by atoms with Gasteiger partial charge in [-0.1, -0.05) is 31.1 Å². The maximum atomic E-state index is 5.75. The minimum atomic E-state index is -0.199. The molecule has 1 aromatic carbocycles. The first-order chi connectivity index (χ1) is 14.4. The van der Waals surface area contributed by atoms with Gasteiger partial charge in [0.15, 0.2) is 11.8 Å². The molecule has 0 amide bonds. The molecule has 166 valence electrons. The Hall–Kier alpha value is -2.61.